The average Bonchev–Trinajstić information content (AvgIpc) is 2.46. The summed E-state index contributed by atoms with van der Waals surface area (Å²) in [6.45, 7) is 13.9. The molecule has 0 aromatic rings. The number of nitrogens with zero attached hydrogens (tertiary/aromatic N) is 3. The molecule has 0 aromatic carbocycles. The minimum Gasteiger partial charge on any atom is -0.392 e. The summed E-state index contributed by atoms with van der Waals surface area (Å²) in [5, 5.41) is 48.4. The highest BCUT2D eigenvalue weighted by atomic mass is 16.3. The third kappa shape index (κ3) is 16.3. The van der Waals surface area contributed by atoms with Crippen molar-refractivity contribution in [1.82, 2.24) is 14.7 Å². The van der Waals surface area contributed by atoms with Crippen LogP contribution in [0.2, 0.25) is 0 Å². The summed E-state index contributed by atoms with van der Waals surface area (Å²) in [5.41, 5.74) is 0. The monoisotopic (exact) mass is 393 g/mol. The van der Waals surface area contributed by atoms with E-state index < -0.39 is 30.5 Å². The lowest BCUT2D eigenvalue weighted by atomic mass is 10.2. The van der Waals surface area contributed by atoms with Gasteiger partial charge in [-0.05, 0) is 34.6 Å². The molecule has 0 spiro atoms. The van der Waals surface area contributed by atoms with Gasteiger partial charge in [0.1, 0.15) is 0 Å². The van der Waals surface area contributed by atoms with Crippen molar-refractivity contribution in [2.75, 3.05) is 58.9 Å². The molecule has 0 rings (SSSR count). The number of hydrogen-bond donors (Lipinski definition) is 5. The zero-order chi connectivity index (χ0) is 21.0. The highest BCUT2D eigenvalue weighted by Crippen LogP contribution is 2.02. The second-order valence-electron chi connectivity index (χ2n) is 8.06. The van der Waals surface area contributed by atoms with Gasteiger partial charge in [0.2, 0.25) is 0 Å². The Bertz CT molecular complexity index is 306. The molecule has 0 heterocycles. The summed E-state index contributed by atoms with van der Waals surface area (Å²) in [6, 6.07) is 0. The van der Waals surface area contributed by atoms with E-state index in [1.807, 2.05) is 9.80 Å². The first kappa shape index (κ1) is 26.7. The minimum atomic E-state index is -0.471. The van der Waals surface area contributed by atoms with Crippen molar-refractivity contribution in [3.8, 4) is 0 Å². The molecule has 0 amide bonds. The van der Waals surface area contributed by atoms with Crippen molar-refractivity contribution >= 4 is 0 Å². The first-order valence-electron chi connectivity index (χ1n) is 10.1. The van der Waals surface area contributed by atoms with E-state index in [2.05, 4.69) is 4.90 Å². The molecule has 0 aliphatic rings. The maximum absolute atomic E-state index is 9.81. The molecule has 0 aromatic heterocycles. The van der Waals surface area contributed by atoms with Crippen molar-refractivity contribution in [1.29, 1.82) is 0 Å². The van der Waals surface area contributed by atoms with Gasteiger partial charge in [-0.3, -0.25) is 14.7 Å². The molecule has 0 saturated heterocycles. The van der Waals surface area contributed by atoms with E-state index in [0.717, 1.165) is 0 Å². The lowest BCUT2D eigenvalue weighted by Gasteiger charge is -2.32. The summed E-state index contributed by atoms with van der Waals surface area (Å²) in [6.07, 6.45) is -2.35. The van der Waals surface area contributed by atoms with E-state index >= 15 is 0 Å². The SMILES string of the molecule is C[C@H](O)CN(CCN(C[C@H](C)O)C[C@H](C)O)CCN(C[C@@H](C)O)C[C@@H](C)O. The maximum atomic E-state index is 9.81. The van der Waals surface area contributed by atoms with Crippen LogP contribution in [0.3, 0.4) is 0 Å². The molecule has 27 heavy (non-hydrogen) atoms. The third-order valence-electron chi connectivity index (χ3n) is 4.08. The van der Waals surface area contributed by atoms with Gasteiger partial charge in [-0.1, -0.05) is 0 Å². The Balaban J connectivity index is 4.73. The molecule has 164 valence electrons. The molecule has 0 unspecified atom stereocenters. The minimum absolute atomic E-state index is 0.464. The molecule has 0 radical (unpaired) electrons. The summed E-state index contributed by atoms with van der Waals surface area (Å²) < 4.78 is 0. The van der Waals surface area contributed by atoms with Crippen LogP contribution < -0.4 is 0 Å². The third-order valence-corrected chi connectivity index (χ3v) is 4.08. The van der Waals surface area contributed by atoms with Gasteiger partial charge >= 0.3 is 0 Å². The Labute approximate surface area is 165 Å². The molecular weight excluding hydrogens is 350 g/mol. The van der Waals surface area contributed by atoms with Crippen molar-refractivity contribution in [2.24, 2.45) is 0 Å². The fourth-order valence-electron chi connectivity index (χ4n) is 3.24. The van der Waals surface area contributed by atoms with Crippen LogP contribution in [0, 0.1) is 0 Å². The van der Waals surface area contributed by atoms with Gasteiger partial charge in [-0.15, -0.1) is 0 Å². The van der Waals surface area contributed by atoms with Crippen LogP contribution in [0.1, 0.15) is 34.6 Å². The van der Waals surface area contributed by atoms with Gasteiger partial charge < -0.3 is 25.5 Å². The van der Waals surface area contributed by atoms with Gasteiger partial charge in [-0.2, -0.15) is 0 Å². The molecule has 8 nitrogen and oxygen atoms in total. The van der Waals surface area contributed by atoms with Gasteiger partial charge in [0.15, 0.2) is 0 Å². The van der Waals surface area contributed by atoms with Crippen molar-refractivity contribution < 1.29 is 25.5 Å². The smallest absolute Gasteiger partial charge is 0.0639 e. The van der Waals surface area contributed by atoms with Gasteiger partial charge in [0, 0.05) is 58.9 Å². The Hall–Kier alpha value is -0.320. The fourth-order valence-corrected chi connectivity index (χ4v) is 3.24. The van der Waals surface area contributed by atoms with Crippen molar-refractivity contribution in [3.05, 3.63) is 0 Å². The van der Waals surface area contributed by atoms with Crippen molar-refractivity contribution in [3.63, 3.8) is 0 Å². The molecule has 0 aliphatic carbocycles. The second-order valence-corrected chi connectivity index (χ2v) is 8.06. The van der Waals surface area contributed by atoms with Crippen LogP contribution in [0.25, 0.3) is 0 Å². The van der Waals surface area contributed by atoms with E-state index in [9.17, 15) is 25.5 Å². The summed E-state index contributed by atoms with van der Waals surface area (Å²) >= 11 is 0. The summed E-state index contributed by atoms with van der Waals surface area (Å²) in [5.74, 6) is 0. The fraction of sp³-hybridized carbons (Fsp3) is 1.00. The van der Waals surface area contributed by atoms with E-state index in [-0.39, 0.29) is 0 Å². The predicted molar refractivity (Wildman–Crippen MR) is 108 cm³/mol. The van der Waals surface area contributed by atoms with E-state index in [4.69, 9.17) is 0 Å². The van der Waals surface area contributed by atoms with Crippen LogP contribution in [0.5, 0.6) is 0 Å². The Kier molecular flexibility index (Phi) is 14.5. The molecule has 8 heteroatoms. The topological polar surface area (TPSA) is 111 Å². The van der Waals surface area contributed by atoms with E-state index in [1.54, 1.807) is 34.6 Å². The van der Waals surface area contributed by atoms with E-state index in [1.165, 1.54) is 0 Å². The van der Waals surface area contributed by atoms with Crippen LogP contribution in [0.15, 0.2) is 0 Å². The van der Waals surface area contributed by atoms with Crippen LogP contribution in [0.4, 0.5) is 0 Å². The number of hydrogen-bond acceptors (Lipinski definition) is 8. The highest BCUT2D eigenvalue weighted by molar-refractivity contribution is 4.72. The maximum Gasteiger partial charge on any atom is 0.0639 e. The lowest BCUT2D eigenvalue weighted by Crippen LogP contribution is -2.46. The van der Waals surface area contributed by atoms with Crippen molar-refractivity contribution in [2.45, 2.75) is 65.1 Å². The molecule has 5 atom stereocenters. The largest absolute Gasteiger partial charge is 0.392 e. The van der Waals surface area contributed by atoms with Gasteiger partial charge in [0.05, 0.1) is 30.5 Å². The first-order valence-corrected chi connectivity index (χ1v) is 10.1. The Morgan fingerprint density at radius 1 is 0.407 bits per heavy atom. The molecule has 0 saturated carbocycles. The standard InChI is InChI=1S/C19H43N3O5/c1-15(23)10-20(6-8-21(11-16(2)24)12-17(3)25)7-9-22(13-18(4)26)14-19(5)27/h15-19,23-27H,6-14H2,1-5H3/t15-,16-,17-,18+,19+/m0/s1. The first-order chi connectivity index (χ1) is 12.5. The lowest BCUT2D eigenvalue weighted by molar-refractivity contribution is 0.0555. The average molecular weight is 394 g/mol. The zero-order valence-corrected chi connectivity index (χ0v) is 17.8. The highest BCUT2D eigenvalue weighted by Gasteiger charge is 2.17. The second kappa shape index (κ2) is 14.6. The van der Waals surface area contributed by atoms with Crippen LogP contribution in [-0.4, -0.2) is 130 Å². The van der Waals surface area contributed by atoms with Crippen LogP contribution >= 0.6 is 0 Å². The normalized spacial score (nSPS) is 18.1. The zero-order valence-electron chi connectivity index (χ0n) is 17.8. The van der Waals surface area contributed by atoms with Gasteiger partial charge in [0.25, 0.3) is 0 Å². The Morgan fingerprint density at radius 3 is 0.815 bits per heavy atom. The summed E-state index contributed by atoms with van der Waals surface area (Å²) in [7, 11) is 0. The number of rotatable bonds is 16. The predicted octanol–water partition coefficient (Wildman–Crippen LogP) is -1.20. The molecule has 0 fully saturated rings. The van der Waals surface area contributed by atoms with Crippen LogP contribution in [-0.2, 0) is 0 Å². The number of aliphatic hydroxyl groups is 5. The molecular formula is C19H43N3O5. The van der Waals surface area contributed by atoms with Gasteiger partial charge in [-0.25, -0.2) is 0 Å². The quantitative estimate of drug-likeness (QED) is 0.222. The number of aliphatic hydroxyl groups excluding tert-OH is 5. The molecule has 5 N–H and O–H groups in total. The molecule has 0 aliphatic heterocycles. The Morgan fingerprint density at radius 2 is 0.593 bits per heavy atom. The van der Waals surface area contributed by atoms with E-state index in [0.29, 0.717) is 58.9 Å². The molecule has 0 bridgehead atoms. The summed E-state index contributed by atoms with van der Waals surface area (Å²) in [4.78, 5) is 6.18.